The molecule has 6 heteroatoms. The van der Waals surface area contributed by atoms with Gasteiger partial charge >= 0.3 is 5.97 Å². The van der Waals surface area contributed by atoms with Crippen molar-refractivity contribution in [1.82, 2.24) is 5.32 Å². The molecule has 0 aliphatic heterocycles. The number of nitrogens with two attached hydrogens (primary N) is 1. The van der Waals surface area contributed by atoms with E-state index in [1.807, 2.05) is 20.8 Å². The highest BCUT2D eigenvalue weighted by Crippen LogP contribution is 2.15. The molecule has 0 spiro atoms. The average molecular weight is 282 g/mol. The molecule has 1 atom stereocenters. The second kappa shape index (κ2) is 5.90. The third-order valence-electron chi connectivity index (χ3n) is 2.38. The predicted molar refractivity (Wildman–Crippen MR) is 73.6 cm³/mol. The lowest BCUT2D eigenvalue weighted by molar-refractivity contribution is -0.130. The number of amides is 1. The molecule has 0 saturated carbocycles. The first kappa shape index (κ1) is 15.9. The van der Waals surface area contributed by atoms with Gasteiger partial charge in [-0.15, -0.1) is 0 Å². The second-order valence-corrected chi connectivity index (χ2v) is 5.52. The molecular formula is C14H19FN2O3. The summed E-state index contributed by atoms with van der Waals surface area (Å²) >= 11 is 0. The van der Waals surface area contributed by atoms with E-state index in [0.717, 1.165) is 12.1 Å². The van der Waals surface area contributed by atoms with Gasteiger partial charge in [0.25, 0.3) is 5.91 Å². The Morgan fingerprint density at radius 1 is 1.35 bits per heavy atom. The van der Waals surface area contributed by atoms with Crippen LogP contribution in [0.25, 0.3) is 0 Å². The van der Waals surface area contributed by atoms with Crippen molar-refractivity contribution in [3.05, 3.63) is 29.6 Å². The van der Waals surface area contributed by atoms with Crippen molar-refractivity contribution < 1.29 is 18.7 Å². The highest BCUT2D eigenvalue weighted by Gasteiger charge is 2.23. The summed E-state index contributed by atoms with van der Waals surface area (Å²) in [5.74, 6) is -1.72. The fraction of sp³-hybridized carbons (Fsp3) is 0.429. The lowest BCUT2D eigenvalue weighted by Gasteiger charge is -2.23. The first-order valence-electron chi connectivity index (χ1n) is 6.18. The van der Waals surface area contributed by atoms with Gasteiger partial charge < -0.3 is 15.8 Å². The highest BCUT2D eigenvalue weighted by atomic mass is 19.1. The number of halogens is 1. The van der Waals surface area contributed by atoms with Crippen LogP contribution in [-0.2, 0) is 9.53 Å². The van der Waals surface area contributed by atoms with Gasteiger partial charge in [-0.25, -0.2) is 9.18 Å². The number of hydrogen-bond acceptors (Lipinski definition) is 4. The Morgan fingerprint density at radius 3 is 2.45 bits per heavy atom. The maximum Gasteiger partial charge on any atom is 0.341 e. The van der Waals surface area contributed by atoms with Gasteiger partial charge in [0.15, 0.2) is 6.10 Å². The van der Waals surface area contributed by atoms with Gasteiger partial charge in [0.05, 0.1) is 5.56 Å². The van der Waals surface area contributed by atoms with E-state index in [1.54, 1.807) is 0 Å². The van der Waals surface area contributed by atoms with Crippen molar-refractivity contribution in [2.75, 3.05) is 5.73 Å². The Bertz CT molecular complexity index is 524. The predicted octanol–water partition coefficient (Wildman–Crippen LogP) is 1.87. The van der Waals surface area contributed by atoms with Crippen LogP contribution in [0.15, 0.2) is 18.2 Å². The third kappa shape index (κ3) is 4.53. The van der Waals surface area contributed by atoms with Crippen molar-refractivity contribution in [3.8, 4) is 0 Å². The lowest BCUT2D eigenvalue weighted by Crippen LogP contribution is -2.46. The van der Waals surface area contributed by atoms with E-state index in [9.17, 15) is 14.0 Å². The van der Waals surface area contributed by atoms with Crippen LogP contribution in [0, 0.1) is 5.82 Å². The number of nitrogen functional groups attached to an aromatic ring is 1. The molecule has 0 saturated heterocycles. The summed E-state index contributed by atoms with van der Waals surface area (Å²) in [5.41, 5.74) is 5.11. The Balaban J connectivity index is 2.73. The molecule has 1 aromatic carbocycles. The van der Waals surface area contributed by atoms with Crippen molar-refractivity contribution in [2.24, 2.45) is 0 Å². The van der Waals surface area contributed by atoms with E-state index in [0.29, 0.717) is 0 Å². The largest absolute Gasteiger partial charge is 0.449 e. The molecule has 0 heterocycles. The summed E-state index contributed by atoms with van der Waals surface area (Å²) in [6, 6.07) is 3.35. The molecule has 0 radical (unpaired) electrons. The fourth-order valence-corrected chi connectivity index (χ4v) is 1.47. The minimum absolute atomic E-state index is 0.0292. The third-order valence-corrected chi connectivity index (χ3v) is 2.38. The molecule has 0 bridgehead atoms. The summed E-state index contributed by atoms with van der Waals surface area (Å²) < 4.78 is 17.9. The van der Waals surface area contributed by atoms with E-state index in [1.165, 1.54) is 13.0 Å². The minimum Gasteiger partial charge on any atom is -0.449 e. The van der Waals surface area contributed by atoms with Crippen LogP contribution in [-0.4, -0.2) is 23.5 Å². The number of ether oxygens (including phenoxy) is 1. The molecule has 1 amide bonds. The quantitative estimate of drug-likeness (QED) is 0.655. The minimum atomic E-state index is -0.967. The molecule has 3 N–H and O–H groups in total. The van der Waals surface area contributed by atoms with Crippen LogP contribution in [0.3, 0.4) is 0 Å². The highest BCUT2D eigenvalue weighted by molar-refractivity contribution is 5.96. The van der Waals surface area contributed by atoms with Crippen molar-refractivity contribution in [2.45, 2.75) is 39.3 Å². The number of esters is 1. The lowest BCUT2D eigenvalue weighted by atomic mass is 10.1. The average Bonchev–Trinajstić information content (AvgIpc) is 2.26. The van der Waals surface area contributed by atoms with Gasteiger partial charge in [-0.3, -0.25) is 4.79 Å². The van der Waals surface area contributed by atoms with Crippen molar-refractivity contribution in [1.29, 1.82) is 0 Å². The molecule has 1 aromatic rings. The van der Waals surface area contributed by atoms with E-state index in [-0.39, 0.29) is 11.3 Å². The van der Waals surface area contributed by atoms with Crippen LogP contribution in [0.5, 0.6) is 0 Å². The first-order valence-corrected chi connectivity index (χ1v) is 6.18. The van der Waals surface area contributed by atoms with Gasteiger partial charge in [0.1, 0.15) is 5.82 Å². The van der Waals surface area contributed by atoms with Gasteiger partial charge in [-0.05, 0) is 45.9 Å². The van der Waals surface area contributed by atoms with Crippen LogP contribution in [0.2, 0.25) is 0 Å². The molecule has 0 fully saturated rings. The van der Waals surface area contributed by atoms with Gasteiger partial charge in [-0.1, -0.05) is 0 Å². The normalized spacial score (nSPS) is 12.7. The molecule has 20 heavy (non-hydrogen) atoms. The number of rotatable bonds is 3. The van der Waals surface area contributed by atoms with Crippen LogP contribution >= 0.6 is 0 Å². The zero-order valence-corrected chi connectivity index (χ0v) is 12.0. The van der Waals surface area contributed by atoms with E-state index < -0.39 is 29.3 Å². The van der Waals surface area contributed by atoms with Crippen LogP contribution < -0.4 is 11.1 Å². The molecule has 0 aromatic heterocycles. The number of anilines is 1. The summed E-state index contributed by atoms with van der Waals surface area (Å²) in [6.45, 7) is 6.91. The first-order chi connectivity index (χ1) is 9.10. The fourth-order valence-electron chi connectivity index (χ4n) is 1.47. The Kier molecular flexibility index (Phi) is 4.70. The Labute approximate surface area is 117 Å². The van der Waals surface area contributed by atoms with E-state index >= 15 is 0 Å². The van der Waals surface area contributed by atoms with Crippen molar-refractivity contribution >= 4 is 17.6 Å². The maximum atomic E-state index is 12.9. The van der Waals surface area contributed by atoms with Gasteiger partial charge in [-0.2, -0.15) is 0 Å². The zero-order chi connectivity index (χ0) is 15.5. The second-order valence-electron chi connectivity index (χ2n) is 5.52. The summed E-state index contributed by atoms with van der Waals surface area (Å²) in [6.07, 6.45) is -0.967. The van der Waals surface area contributed by atoms with Gasteiger partial charge in [0.2, 0.25) is 0 Å². The van der Waals surface area contributed by atoms with Gasteiger partial charge in [0, 0.05) is 11.2 Å². The summed E-state index contributed by atoms with van der Waals surface area (Å²) in [4.78, 5) is 23.6. The number of benzene rings is 1. The van der Waals surface area contributed by atoms with Crippen molar-refractivity contribution in [3.63, 3.8) is 0 Å². The van der Waals surface area contributed by atoms with E-state index in [4.69, 9.17) is 10.5 Å². The molecule has 1 unspecified atom stereocenters. The molecule has 0 aliphatic rings. The number of hydrogen-bond donors (Lipinski definition) is 2. The molecule has 0 aliphatic carbocycles. The standard InChI is InChI=1S/C14H19FN2O3/c1-8(12(18)17-14(2,3)4)20-13(19)10-6-5-9(15)7-11(10)16/h5-8H,16H2,1-4H3,(H,17,18). The number of carbonyl (C=O) groups is 2. The topological polar surface area (TPSA) is 81.4 Å². The zero-order valence-electron chi connectivity index (χ0n) is 12.0. The van der Waals surface area contributed by atoms with E-state index in [2.05, 4.69) is 5.32 Å². The summed E-state index contributed by atoms with van der Waals surface area (Å²) in [5, 5.41) is 2.69. The summed E-state index contributed by atoms with van der Waals surface area (Å²) in [7, 11) is 0. The Hall–Kier alpha value is -2.11. The monoisotopic (exact) mass is 282 g/mol. The SMILES string of the molecule is CC(OC(=O)c1ccc(F)cc1N)C(=O)NC(C)(C)C. The smallest absolute Gasteiger partial charge is 0.341 e. The molecular weight excluding hydrogens is 263 g/mol. The number of carbonyl (C=O) groups excluding carboxylic acids is 2. The molecule has 1 rings (SSSR count). The molecule has 110 valence electrons. The van der Waals surface area contributed by atoms with Crippen LogP contribution in [0.4, 0.5) is 10.1 Å². The number of nitrogens with one attached hydrogen (secondary N) is 1. The Morgan fingerprint density at radius 2 is 1.95 bits per heavy atom. The molecule has 5 nitrogen and oxygen atoms in total. The maximum absolute atomic E-state index is 12.9. The van der Waals surface area contributed by atoms with Crippen LogP contribution in [0.1, 0.15) is 38.1 Å².